The molecular formula is C30H21F3NO3-. The van der Waals surface area contributed by atoms with Gasteiger partial charge in [-0.15, -0.1) is 0 Å². The van der Waals surface area contributed by atoms with Crippen LogP contribution in [0.15, 0.2) is 103 Å². The summed E-state index contributed by atoms with van der Waals surface area (Å²) in [7, 11) is 0. The Bertz CT molecular complexity index is 1560. The number of carbonyl (C=O) groups excluding carboxylic acids is 1. The fraction of sp³-hybridized carbons (Fsp3) is 0.100. The first kappa shape index (κ1) is 24.2. The third-order valence-corrected chi connectivity index (χ3v) is 6.14. The smallest absolute Gasteiger partial charge is 0.416 e. The van der Waals surface area contributed by atoms with Crippen molar-refractivity contribution in [3.8, 4) is 28.3 Å². The molecule has 4 nitrogen and oxygen atoms in total. The summed E-state index contributed by atoms with van der Waals surface area (Å²) < 4.78 is 46.5. The summed E-state index contributed by atoms with van der Waals surface area (Å²) in [5.74, 6) is -0.861. The molecule has 5 rings (SSSR count). The van der Waals surface area contributed by atoms with Gasteiger partial charge >= 0.3 is 6.18 Å². The summed E-state index contributed by atoms with van der Waals surface area (Å²) in [6.07, 6.45) is -4.38. The number of fused-ring (bicyclic) bond motifs is 1. The minimum absolute atomic E-state index is 0.388. The third kappa shape index (κ3) is 5.35. The molecule has 0 aliphatic rings. The number of ether oxygens (including phenoxy) is 1. The van der Waals surface area contributed by atoms with Crippen molar-refractivity contribution < 1.29 is 27.8 Å². The van der Waals surface area contributed by atoms with Gasteiger partial charge in [-0.05, 0) is 69.9 Å². The first-order chi connectivity index (χ1) is 17.8. The minimum atomic E-state index is -4.38. The van der Waals surface area contributed by atoms with Crippen LogP contribution in [0.25, 0.3) is 33.3 Å². The lowest BCUT2D eigenvalue weighted by Crippen LogP contribution is -2.28. The van der Waals surface area contributed by atoms with Crippen molar-refractivity contribution in [3.05, 3.63) is 114 Å². The average Bonchev–Trinajstić information content (AvgIpc) is 3.30. The van der Waals surface area contributed by atoms with E-state index >= 15 is 0 Å². The molecule has 5 aromatic rings. The van der Waals surface area contributed by atoms with E-state index in [1.165, 1.54) is 12.1 Å². The second-order valence-electron chi connectivity index (χ2n) is 8.64. The van der Waals surface area contributed by atoms with Gasteiger partial charge < -0.3 is 19.2 Å². The number of hydrogen-bond donors (Lipinski definition) is 0. The summed E-state index contributed by atoms with van der Waals surface area (Å²) in [6.45, 7) is -0.137. The van der Waals surface area contributed by atoms with E-state index in [1.54, 1.807) is 12.1 Å². The summed E-state index contributed by atoms with van der Waals surface area (Å²) >= 11 is 0. The second kappa shape index (κ2) is 9.85. The Morgan fingerprint density at radius 1 is 0.757 bits per heavy atom. The van der Waals surface area contributed by atoms with Crippen LogP contribution in [0, 0.1) is 0 Å². The van der Waals surface area contributed by atoms with Gasteiger partial charge in [-0.1, -0.05) is 60.7 Å². The Hall–Kier alpha value is -4.52. The first-order valence-corrected chi connectivity index (χ1v) is 11.6. The molecule has 0 saturated heterocycles. The van der Waals surface area contributed by atoms with Gasteiger partial charge in [0.1, 0.15) is 12.4 Å². The molecule has 1 heterocycles. The number of nitrogens with zero attached hydrogens (tertiary/aromatic N) is 1. The topological polar surface area (TPSA) is 54.3 Å². The Kier molecular flexibility index (Phi) is 6.44. The van der Waals surface area contributed by atoms with E-state index in [4.69, 9.17) is 4.74 Å². The van der Waals surface area contributed by atoms with E-state index in [-0.39, 0.29) is 0 Å². The zero-order valence-electron chi connectivity index (χ0n) is 19.5. The van der Waals surface area contributed by atoms with Crippen molar-refractivity contribution in [2.45, 2.75) is 12.7 Å². The first-order valence-electron chi connectivity index (χ1n) is 11.6. The largest absolute Gasteiger partial charge is 0.546 e. The summed E-state index contributed by atoms with van der Waals surface area (Å²) in [5, 5.41) is 12.5. The van der Waals surface area contributed by atoms with Crippen LogP contribution in [0.4, 0.5) is 13.2 Å². The number of hydrogen-bond acceptors (Lipinski definition) is 3. The lowest BCUT2D eigenvalue weighted by Gasteiger charge is -2.16. The third-order valence-electron chi connectivity index (χ3n) is 6.14. The maximum atomic E-state index is 13.1. The number of rotatable bonds is 7. The maximum absolute atomic E-state index is 13.1. The van der Waals surface area contributed by atoms with Crippen LogP contribution >= 0.6 is 0 Å². The summed E-state index contributed by atoms with van der Waals surface area (Å²) in [6, 6.07) is 30.3. The number of aromatic nitrogens is 1. The van der Waals surface area contributed by atoms with E-state index in [0.717, 1.165) is 51.0 Å². The van der Waals surface area contributed by atoms with Crippen molar-refractivity contribution in [2.24, 2.45) is 0 Å². The van der Waals surface area contributed by atoms with E-state index < -0.39 is 24.3 Å². The monoisotopic (exact) mass is 500 g/mol. The zero-order chi connectivity index (χ0) is 26.0. The molecule has 0 amide bonds. The van der Waals surface area contributed by atoms with Crippen LogP contribution in [0.5, 0.6) is 5.75 Å². The van der Waals surface area contributed by atoms with Gasteiger partial charge in [-0.3, -0.25) is 0 Å². The van der Waals surface area contributed by atoms with Crippen LogP contribution < -0.4 is 9.84 Å². The Morgan fingerprint density at radius 3 is 2.08 bits per heavy atom. The molecule has 0 N–H and O–H groups in total. The summed E-state index contributed by atoms with van der Waals surface area (Å²) in [5.41, 5.74) is 3.86. The minimum Gasteiger partial charge on any atom is -0.546 e. The molecular weight excluding hydrogens is 479 g/mol. The molecule has 7 heteroatoms. The van der Waals surface area contributed by atoms with Crippen LogP contribution in [0.2, 0.25) is 0 Å². The predicted octanol–water partition coefficient (Wildman–Crippen LogP) is 6.17. The standard InChI is InChI=1S/C30H22F3NO3/c31-30(32,33)25-11-6-20(7-12-25)18-34-27(21-4-2-1-3-5-21)14-15-28(34)24-9-8-23-17-26(37-19-29(35)36)13-10-22(23)16-24/h1-17H,18-19H2,(H,35,36)/p-1. The summed E-state index contributed by atoms with van der Waals surface area (Å²) in [4.78, 5) is 10.7. The maximum Gasteiger partial charge on any atom is 0.416 e. The highest BCUT2D eigenvalue weighted by Crippen LogP contribution is 2.33. The Labute approximate surface area is 211 Å². The molecule has 0 saturated carbocycles. The lowest BCUT2D eigenvalue weighted by atomic mass is 10.0. The van der Waals surface area contributed by atoms with Crippen molar-refractivity contribution in [2.75, 3.05) is 6.61 Å². The number of carboxylic acids is 1. The van der Waals surface area contributed by atoms with Gasteiger partial charge in [0, 0.05) is 17.9 Å². The highest BCUT2D eigenvalue weighted by atomic mass is 19.4. The van der Waals surface area contributed by atoms with Crippen LogP contribution in [0.3, 0.4) is 0 Å². The van der Waals surface area contributed by atoms with Gasteiger partial charge in [-0.2, -0.15) is 13.2 Å². The number of alkyl halides is 3. The van der Waals surface area contributed by atoms with Gasteiger partial charge in [-0.25, -0.2) is 0 Å². The normalized spacial score (nSPS) is 11.5. The van der Waals surface area contributed by atoms with Gasteiger partial charge in [0.15, 0.2) is 0 Å². The highest BCUT2D eigenvalue weighted by Gasteiger charge is 2.30. The molecule has 0 aliphatic heterocycles. The fourth-order valence-electron chi connectivity index (χ4n) is 4.35. The number of benzene rings is 4. The Balaban J connectivity index is 1.53. The van der Waals surface area contributed by atoms with E-state index in [2.05, 4.69) is 4.57 Å². The lowest BCUT2D eigenvalue weighted by molar-refractivity contribution is -0.307. The number of carboxylic acid groups (broad SMARTS) is 1. The van der Waals surface area contributed by atoms with Crippen molar-refractivity contribution in [1.82, 2.24) is 4.57 Å². The van der Waals surface area contributed by atoms with Crippen LogP contribution in [0.1, 0.15) is 11.1 Å². The number of halogens is 3. The quantitative estimate of drug-likeness (QED) is 0.269. The number of carbonyl (C=O) groups is 1. The van der Waals surface area contributed by atoms with E-state index in [0.29, 0.717) is 12.3 Å². The van der Waals surface area contributed by atoms with Crippen LogP contribution in [-0.2, 0) is 17.5 Å². The molecule has 37 heavy (non-hydrogen) atoms. The highest BCUT2D eigenvalue weighted by molar-refractivity contribution is 5.88. The van der Waals surface area contributed by atoms with Crippen molar-refractivity contribution >= 4 is 16.7 Å². The molecule has 0 radical (unpaired) electrons. The van der Waals surface area contributed by atoms with Crippen molar-refractivity contribution in [1.29, 1.82) is 0 Å². The fourth-order valence-corrected chi connectivity index (χ4v) is 4.35. The predicted molar refractivity (Wildman–Crippen MR) is 134 cm³/mol. The number of aliphatic carboxylic acids is 1. The molecule has 4 aromatic carbocycles. The molecule has 0 aliphatic carbocycles. The molecule has 0 fully saturated rings. The molecule has 1 aromatic heterocycles. The zero-order valence-corrected chi connectivity index (χ0v) is 19.5. The molecule has 0 unspecified atom stereocenters. The van der Waals surface area contributed by atoms with E-state index in [1.807, 2.05) is 66.7 Å². The molecule has 0 bridgehead atoms. The molecule has 186 valence electrons. The van der Waals surface area contributed by atoms with E-state index in [9.17, 15) is 23.1 Å². The second-order valence-corrected chi connectivity index (χ2v) is 8.64. The average molecular weight is 500 g/mol. The van der Waals surface area contributed by atoms with Gasteiger partial charge in [0.25, 0.3) is 0 Å². The SMILES string of the molecule is O=C([O-])COc1ccc2cc(-c3ccc(-c4ccccc4)n3Cc3ccc(C(F)(F)F)cc3)ccc2c1. The molecule has 0 spiro atoms. The Morgan fingerprint density at radius 2 is 1.41 bits per heavy atom. The van der Waals surface area contributed by atoms with Crippen LogP contribution in [-0.4, -0.2) is 17.1 Å². The van der Waals surface area contributed by atoms with Gasteiger partial charge in [0.05, 0.1) is 11.5 Å². The molecule has 0 atom stereocenters. The van der Waals surface area contributed by atoms with Gasteiger partial charge in [0.2, 0.25) is 0 Å². The van der Waals surface area contributed by atoms with Crippen molar-refractivity contribution in [3.63, 3.8) is 0 Å².